The minimum atomic E-state index is -1.48. The maximum Gasteiger partial charge on any atom is 0.338 e. The van der Waals surface area contributed by atoms with E-state index < -0.39 is 11.6 Å². The second kappa shape index (κ2) is 5.61. The van der Waals surface area contributed by atoms with E-state index in [4.69, 9.17) is 4.74 Å². The summed E-state index contributed by atoms with van der Waals surface area (Å²) < 4.78 is 10.0. The average Bonchev–Trinajstić information content (AvgIpc) is 2.78. The molecular weight excluding hydrogens is 210 g/mol. The van der Waals surface area contributed by atoms with E-state index in [-0.39, 0.29) is 18.7 Å². The van der Waals surface area contributed by atoms with E-state index in [9.17, 15) is 9.90 Å². The Hall–Kier alpha value is -0.650. The molecule has 1 aliphatic rings. The maximum atomic E-state index is 11.2. The molecule has 0 spiro atoms. The molecule has 0 aromatic carbocycles. The molecule has 0 aliphatic carbocycles. The van der Waals surface area contributed by atoms with E-state index in [0.29, 0.717) is 0 Å². The fraction of sp³-hybridized carbons (Fsp3) is 0.909. The van der Waals surface area contributed by atoms with Gasteiger partial charge in [-0.15, -0.1) is 0 Å². The van der Waals surface area contributed by atoms with Crippen LogP contribution < -0.4 is 5.32 Å². The molecule has 0 aromatic heterocycles. The molecule has 5 nitrogen and oxygen atoms in total. The monoisotopic (exact) mass is 231 g/mol. The molecule has 0 amide bonds. The van der Waals surface area contributed by atoms with Gasteiger partial charge in [0, 0.05) is 19.2 Å². The van der Waals surface area contributed by atoms with Crippen LogP contribution in [0.15, 0.2) is 0 Å². The lowest BCUT2D eigenvalue weighted by Gasteiger charge is -2.25. The first kappa shape index (κ1) is 13.4. The zero-order valence-electron chi connectivity index (χ0n) is 10.2. The molecule has 0 saturated carbocycles. The van der Waals surface area contributed by atoms with Crippen molar-refractivity contribution in [2.24, 2.45) is 0 Å². The Bertz CT molecular complexity index is 236. The SMILES string of the molecule is COC(=O)[C@](C)(O)CN[C@H](C)[C@H]1CCCO1. The molecule has 5 heteroatoms. The molecule has 1 saturated heterocycles. The summed E-state index contributed by atoms with van der Waals surface area (Å²) in [6, 6.07) is 0.124. The van der Waals surface area contributed by atoms with Crippen molar-refractivity contribution in [3.05, 3.63) is 0 Å². The Labute approximate surface area is 96.1 Å². The molecule has 16 heavy (non-hydrogen) atoms. The van der Waals surface area contributed by atoms with Crippen molar-refractivity contribution in [1.29, 1.82) is 0 Å². The summed E-state index contributed by atoms with van der Waals surface area (Å²) in [4.78, 5) is 11.2. The molecule has 0 bridgehead atoms. The molecule has 1 fully saturated rings. The zero-order valence-corrected chi connectivity index (χ0v) is 10.2. The highest BCUT2D eigenvalue weighted by Crippen LogP contribution is 2.16. The van der Waals surface area contributed by atoms with Crippen LogP contribution in [0, 0.1) is 0 Å². The van der Waals surface area contributed by atoms with Gasteiger partial charge in [-0.25, -0.2) is 4.79 Å². The first-order valence-corrected chi connectivity index (χ1v) is 5.63. The number of hydrogen-bond donors (Lipinski definition) is 2. The van der Waals surface area contributed by atoms with E-state index >= 15 is 0 Å². The number of carbonyl (C=O) groups excluding carboxylic acids is 1. The summed E-state index contributed by atoms with van der Waals surface area (Å²) in [7, 11) is 1.26. The highest BCUT2D eigenvalue weighted by atomic mass is 16.5. The van der Waals surface area contributed by atoms with E-state index in [2.05, 4.69) is 10.1 Å². The zero-order chi connectivity index (χ0) is 12.2. The number of carbonyl (C=O) groups is 1. The van der Waals surface area contributed by atoms with Crippen LogP contribution >= 0.6 is 0 Å². The van der Waals surface area contributed by atoms with Gasteiger partial charge in [-0.3, -0.25) is 0 Å². The third kappa shape index (κ3) is 3.43. The average molecular weight is 231 g/mol. The van der Waals surface area contributed by atoms with Crippen LogP contribution in [0.25, 0.3) is 0 Å². The predicted molar refractivity (Wildman–Crippen MR) is 59.1 cm³/mol. The number of hydrogen-bond acceptors (Lipinski definition) is 5. The van der Waals surface area contributed by atoms with E-state index in [1.165, 1.54) is 14.0 Å². The van der Waals surface area contributed by atoms with Gasteiger partial charge in [0.05, 0.1) is 13.2 Å². The Kier molecular flexibility index (Phi) is 4.70. The van der Waals surface area contributed by atoms with Gasteiger partial charge in [0.25, 0.3) is 0 Å². The molecule has 0 unspecified atom stereocenters. The van der Waals surface area contributed by atoms with Crippen molar-refractivity contribution in [2.45, 2.75) is 44.4 Å². The molecule has 1 aliphatic heterocycles. The number of ether oxygens (including phenoxy) is 2. The van der Waals surface area contributed by atoms with Gasteiger partial charge in [-0.1, -0.05) is 0 Å². The molecular formula is C11H21NO4. The first-order valence-electron chi connectivity index (χ1n) is 5.63. The van der Waals surface area contributed by atoms with Crippen LogP contribution in [0.4, 0.5) is 0 Å². The van der Waals surface area contributed by atoms with Crippen LogP contribution in [-0.2, 0) is 14.3 Å². The standard InChI is InChI=1S/C11H21NO4/c1-8(9-5-4-6-16-9)12-7-11(2,14)10(13)15-3/h8-9,12,14H,4-7H2,1-3H3/t8-,9-,11-/m1/s1. The number of nitrogens with one attached hydrogen (secondary N) is 1. The second-order valence-corrected chi connectivity index (χ2v) is 4.49. The predicted octanol–water partition coefficient (Wildman–Crippen LogP) is 0.0675. The fourth-order valence-corrected chi connectivity index (χ4v) is 1.78. The van der Waals surface area contributed by atoms with Crippen molar-refractivity contribution >= 4 is 5.97 Å². The Morgan fingerprint density at radius 2 is 2.44 bits per heavy atom. The lowest BCUT2D eigenvalue weighted by molar-refractivity contribution is -0.160. The van der Waals surface area contributed by atoms with Gasteiger partial charge in [-0.2, -0.15) is 0 Å². The third-order valence-corrected chi connectivity index (χ3v) is 2.92. The highest BCUT2D eigenvalue weighted by Gasteiger charge is 2.32. The van der Waals surface area contributed by atoms with E-state index in [1.54, 1.807) is 0 Å². The molecule has 0 radical (unpaired) electrons. The van der Waals surface area contributed by atoms with Gasteiger partial charge in [-0.05, 0) is 26.7 Å². The molecule has 1 rings (SSSR count). The summed E-state index contributed by atoms with van der Waals surface area (Å²) in [5.41, 5.74) is -1.48. The summed E-state index contributed by atoms with van der Waals surface area (Å²) in [6.45, 7) is 4.39. The van der Waals surface area contributed by atoms with Crippen molar-refractivity contribution in [2.75, 3.05) is 20.3 Å². The van der Waals surface area contributed by atoms with Crippen LogP contribution in [0.5, 0.6) is 0 Å². The second-order valence-electron chi connectivity index (χ2n) is 4.49. The van der Waals surface area contributed by atoms with Gasteiger partial charge < -0.3 is 19.9 Å². The minimum Gasteiger partial charge on any atom is -0.467 e. The number of esters is 1. The highest BCUT2D eigenvalue weighted by molar-refractivity contribution is 5.78. The quantitative estimate of drug-likeness (QED) is 0.655. The van der Waals surface area contributed by atoms with Crippen LogP contribution in [0.3, 0.4) is 0 Å². The Morgan fingerprint density at radius 3 is 2.94 bits per heavy atom. The van der Waals surface area contributed by atoms with Crippen molar-refractivity contribution in [3.8, 4) is 0 Å². The van der Waals surface area contributed by atoms with Crippen LogP contribution in [0.2, 0.25) is 0 Å². The van der Waals surface area contributed by atoms with Gasteiger partial charge >= 0.3 is 5.97 Å². The van der Waals surface area contributed by atoms with Crippen LogP contribution in [0.1, 0.15) is 26.7 Å². The van der Waals surface area contributed by atoms with Crippen molar-refractivity contribution in [3.63, 3.8) is 0 Å². The summed E-state index contributed by atoms with van der Waals surface area (Å²) in [5, 5.41) is 12.9. The topological polar surface area (TPSA) is 67.8 Å². The maximum absolute atomic E-state index is 11.2. The van der Waals surface area contributed by atoms with E-state index in [1.807, 2.05) is 6.92 Å². The minimum absolute atomic E-state index is 0.124. The van der Waals surface area contributed by atoms with Crippen molar-refractivity contribution < 1.29 is 19.4 Å². The number of rotatable bonds is 5. The summed E-state index contributed by atoms with van der Waals surface area (Å²) in [5.74, 6) is -0.625. The molecule has 1 heterocycles. The normalized spacial score (nSPS) is 26.1. The number of methoxy groups -OCH3 is 1. The molecule has 94 valence electrons. The smallest absolute Gasteiger partial charge is 0.338 e. The fourth-order valence-electron chi connectivity index (χ4n) is 1.78. The molecule has 3 atom stereocenters. The van der Waals surface area contributed by atoms with Crippen LogP contribution in [-0.4, -0.2) is 49.1 Å². The van der Waals surface area contributed by atoms with Crippen molar-refractivity contribution in [1.82, 2.24) is 5.32 Å². The third-order valence-electron chi connectivity index (χ3n) is 2.92. The largest absolute Gasteiger partial charge is 0.467 e. The Balaban J connectivity index is 2.35. The molecule has 2 N–H and O–H groups in total. The lowest BCUT2D eigenvalue weighted by Crippen LogP contribution is -2.50. The first-order chi connectivity index (χ1) is 7.47. The summed E-state index contributed by atoms with van der Waals surface area (Å²) >= 11 is 0. The van der Waals surface area contributed by atoms with E-state index in [0.717, 1.165) is 19.4 Å². The Morgan fingerprint density at radius 1 is 1.75 bits per heavy atom. The van der Waals surface area contributed by atoms with Gasteiger partial charge in [0.1, 0.15) is 0 Å². The van der Waals surface area contributed by atoms with Gasteiger partial charge in [0.15, 0.2) is 5.60 Å². The lowest BCUT2D eigenvalue weighted by atomic mass is 10.1. The van der Waals surface area contributed by atoms with Gasteiger partial charge in [0.2, 0.25) is 0 Å². The number of aliphatic hydroxyl groups is 1. The molecule has 0 aromatic rings. The summed E-state index contributed by atoms with van der Waals surface area (Å²) in [6.07, 6.45) is 2.27.